The molecule has 2 aromatic carbocycles. The number of likely N-dealkylation sites (N-methyl/N-ethyl adjacent to an activating group) is 1. The van der Waals surface area contributed by atoms with Crippen LogP contribution in [0.5, 0.6) is 0 Å². The summed E-state index contributed by atoms with van der Waals surface area (Å²) in [7, 11) is 4.20. The number of nitrogens with zero attached hydrogens (tertiary/aromatic N) is 3. The number of benzene rings is 2. The van der Waals surface area contributed by atoms with E-state index in [1.54, 1.807) is 0 Å². The van der Waals surface area contributed by atoms with Gasteiger partial charge in [0.15, 0.2) is 0 Å². The van der Waals surface area contributed by atoms with E-state index in [0.29, 0.717) is 0 Å². The minimum absolute atomic E-state index is 0.997. The Bertz CT molecular complexity index is 796. The molecule has 0 bridgehead atoms. The predicted molar refractivity (Wildman–Crippen MR) is 92.9 cm³/mol. The van der Waals surface area contributed by atoms with Gasteiger partial charge in [-0.05, 0) is 35.5 Å². The topological polar surface area (TPSA) is 19.4 Å². The monoisotopic (exact) mass is 286 g/mol. The molecule has 0 unspecified atom stereocenters. The standard InChI is InChI=1S/C18H17BN3/c1-21-11-12-22(19-21)18-10-9-15(13-20-18)17-8-4-6-14-5-2-3-7-16(14)17/h2-10,13H,11-12H2,1H3. The minimum Gasteiger partial charge on any atom is -0.388 e. The molecule has 107 valence electrons. The van der Waals surface area contributed by atoms with E-state index in [1.165, 1.54) is 16.3 Å². The minimum atomic E-state index is 0.997. The molecule has 1 aliphatic rings. The summed E-state index contributed by atoms with van der Waals surface area (Å²) >= 11 is 0. The van der Waals surface area contributed by atoms with Crippen molar-refractivity contribution < 1.29 is 0 Å². The number of fused-ring (bicyclic) bond motifs is 1. The Labute approximate surface area is 131 Å². The van der Waals surface area contributed by atoms with Crippen LogP contribution in [0.25, 0.3) is 21.9 Å². The first-order valence-electron chi connectivity index (χ1n) is 7.57. The Morgan fingerprint density at radius 2 is 1.82 bits per heavy atom. The van der Waals surface area contributed by atoms with Crippen LogP contribution < -0.4 is 4.81 Å². The van der Waals surface area contributed by atoms with Crippen molar-refractivity contribution in [2.24, 2.45) is 0 Å². The van der Waals surface area contributed by atoms with E-state index in [1.807, 2.05) is 6.20 Å². The van der Waals surface area contributed by atoms with Gasteiger partial charge >= 0.3 is 7.55 Å². The maximum absolute atomic E-state index is 4.65. The third-order valence-electron chi connectivity index (χ3n) is 4.17. The zero-order valence-corrected chi connectivity index (χ0v) is 12.6. The van der Waals surface area contributed by atoms with E-state index in [4.69, 9.17) is 0 Å². The predicted octanol–water partition coefficient (Wildman–Crippen LogP) is 3.19. The van der Waals surface area contributed by atoms with Crippen molar-refractivity contribution in [2.75, 3.05) is 24.9 Å². The SMILES string of the molecule is CN1[B]N(c2ccc(-c3cccc4ccccc34)cn2)CC1. The van der Waals surface area contributed by atoms with Crippen LogP contribution in [-0.4, -0.2) is 37.5 Å². The molecule has 0 atom stereocenters. The lowest BCUT2D eigenvalue weighted by Gasteiger charge is -2.16. The number of pyridine rings is 1. The van der Waals surface area contributed by atoms with Crippen LogP contribution in [0.4, 0.5) is 5.82 Å². The molecular formula is C18H17BN3. The van der Waals surface area contributed by atoms with Crippen LogP contribution in [0.15, 0.2) is 60.8 Å². The first-order chi connectivity index (χ1) is 10.8. The Hall–Kier alpha value is -2.33. The van der Waals surface area contributed by atoms with Crippen molar-refractivity contribution >= 4 is 24.1 Å². The second kappa shape index (κ2) is 5.46. The second-order valence-electron chi connectivity index (χ2n) is 5.72. The fourth-order valence-electron chi connectivity index (χ4n) is 2.99. The smallest absolute Gasteiger partial charge is 0.353 e. The van der Waals surface area contributed by atoms with Crippen LogP contribution in [0.2, 0.25) is 0 Å². The first kappa shape index (κ1) is 13.3. The maximum atomic E-state index is 4.65. The molecule has 0 aliphatic carbocycles. The average molecular weight is 286 g/mol. The lowest BCUT2D eigenvalue weighted by Crippen LogP contribution is -2.27. The van der Waals surface area contributed by atoms with Crippen LogP contribution in [0.3, 0.4) is 0 Å². The molecule has 4 rings (SSSR count). The van der Waals surface area contributed by atoms with Crippen LogP contribution in [0, 0.1) is 0 Å². The van der Waals surface area contributed by atoms with E-state index in [9.17, 15) is 0 Å². The van der Waals surface area contributed by atoms with E-state index in [2.05, 4.69) is 83.8 Å². The largest absolute Gasteiger partial charge is 0.388 e. The van der Waals surface area contributed by atoms with Gasteiger partial charge in [0, 0.05) is 24.8 Å². The van der Waals surface area contributed by atoms with Crippen molar-refractivity contribution in [2.45, 2.75) is 0 Å². The molecule has 0 spiro atoms. The molecule has 4 heteroatoms. The van der Waals surface area contributed by atoms with Crippen molar-refractivity contribution in [1.29, 1.82) is 0 Å². The number of anilines is 1. The summed E-state index contributed by atoms with van der Waals surface area (Å²) in [5, 5.41) is 2.53. The molecule has 0 saturated carbocycles. The molecule has 1 fully saturated rings. The Morgan fingerprint density at radius 3 is 2.59 bits per heavy atom. The third-order valence-corrected chi connectivity index (χ3v) is 4.17. The molecule has 0 N–H and O–H groups in total. The highest BCUT2D eigenvalue weighted by atomic mass is 15.3. The lowest BCUT2D eigenvalue weighted by atomic mass is 9.99. The van der Waals surface area contributed by atoms with Gasteiger partial charge in [0.1, 0.15) is 5.82 Å². The van der Waals surface area contributed by atoms with E-state index >= 15 is 0 Å². The molecule has 1 aromatic heterocycles. The lowest BCUT2D eigenvalue weighted by molar-refractivity contribution is 0.590. The van der Waals surface area contributed by atoms with Gasteiger partial charge in [0.25, 0.3) is 0 Å². The third kappa shape index (κ3) is 2.36. The first-order valence-corrected chi connectivity index (χ1v) is 7.57. The summed E-state index contributed by atoms with van der Waals surface area (Å²) in [6, 6.07) is 19.2. The molecule has 1 saturated heterocycles. The van der Waals surface area contributed by atoms with Crippen molar-refractivity contribution in [1.82, 2.24) is 9.79 Å². The van der Waals surface area contributed by atoms with Crippen molar-refractivity contribution in [3.05, 3.63) is 60.8 Å². The Balaban J connectivity index is 1.70. The van der Waals surface area contributed by atoms with E-state index in [0.717, 1.165) is 24.5 Å². The van der Waals surface area contributed by atoms with Gasteiger partial charge in [0.05, 0.1) is 0 Å². The highest BCUT2D eigenvalue weighted by molar-refractivity contribution is 6.39. The summed E-state index contributed by atoms with van der Waals surface area (Å²) in [4.78, 5) is 9.01. The summed E-state index contributed by atoms with van der Waals surface area (Å²) < 4.78 is 0. The summed E-state index contributed by atoms with van der Waals surface area (Å²) in [6.45, 7) is 2.05. The van der Waals surface area contributed by atoms with Gasteiger partial charge in [-0.3, -0.25) is 0 Å². The zero-order valence-electron chi connectivity index (χ0n) is 12.6. The fraction of sp³-hybridized carbons (Fsp3) is 0.167. The number of hydrogen-bond acceptors (Lipinski definition) is 3. The zero-order chi connectivity index (χ0) is 14.9. The molecule has 1 radical (unpaired) electrons. The average Bonchev–Trinajstić information content (AvgIpc) is 3.01. The number of rotatable bonds is 2. The Kier molecular flexibility index (Phi) is 3.31. The molecule has 3 aromatic rings. The van der Waals surface area contributed by atoms with Crippen LogP contribution in [-0.2, 0) is 0 Å². The van der Waals surface area contributed by atoms with Gasteiger partial charge in [-0.25, -0.2) is 4.98 Å². The van der Waals surface area contributed by atoms with Crippen LogP contribution in [0.1, 0.15) is 0 Å². The quantitative estimate of drug-likeness (QED) is 0.674. The second-order valence-corrected chi connectivity index (χ2v) is 5.72. The van der Waals surface area contributed by atoms with Gasteiger partial charge in [-0.1, -0.05) is 42.5 Å². The summed E-state index contributed by atoms with van der Waals surface area (Å²) in [5.74, 6) is 1.01. The van der Waals surface area contributed by atoms with E-state index < -0.39 is 0 Å². The molecule has 2 heterocycles. The summed E-state index contributed by atoms with van der Waals surface area (Å²) in [6.07, 6.45) is 1.98. The fourth-order valence-corrected chi connectivity index (χ4v) is 2.99. The van der Waals surface area contributed by atoms with Crippen molar-refractivity contribution in [3.8, 4) is 11.1 Å². The highest BCUT2D eigenvalue weighted by Crippen LogP contribution is 2.29. The maximum Gasteiger partial charge on any atom is 0.353 e. The van der Waals surface area contributed by atoms with Crippen molar-refractivity contribution in [3.63, 3.8) is 0 Å². The number of hydrogen-bond donors (Lipinski definition) is 0. The van der Waals surface area contributed by atoms with Gasteiger partial charge < -0.3 is 9.62 Å². The van der Waals surface area contributed by atoms with Gasteiger partial charge in [-0.15, -0.1) is 0 Å². The van der Waals surface area contributed by atoms with Crippen LogP contribution >= 0.6 is 0 Å². The van der Waals surface area contributed by atoms with Gasteiger partial charge in [-0.2, -0.15) is 0 Å². The number of aromatic nitrogens is 1. The summed E-state index contributed by atoms with van der Waals surface area (Å²) in [5.41, 5.74) is 2.40. The molecule has 0 amide bonds. The molecule has 22 heavy (non-hydrogen) atoms. The normalized spacial score (nSPS) is 15.2. The van der Waals surface area contributed by atoms with Gasteiger partial charge in [0.2, 0.25) is 0 Å². The highest BCUT2D eigenvalue weighted by Gasteiger charge is 2.20. The molecule has 3 nitrogen and oxygen atoms in total. The molecule has 1 aliphatic heterocycles. The Morgan fingerprint density at radius 1 is 0.955 bits per heavy atom. The van der Waals surface area contributed by atoms with E-state index in [-0.39, 0.29) is 0 Å². The molecular weight excluding hydrogens is 269 g/mol.